The zero-order chi connectivity index (χ0) is 14.5. The quantitative estimate of drug-likeness (QED) is 0.762. The van der Waals surface area contributed by atoms with E-state index in [-0.39, 0.29) is 12.3 Å². The van der Waals surface area contributed by atoms with Crippen LogP contribution in [0.25, 0.3) is 0 Å². The van der Waals surface area contributed by atoms with Crippen LogP contribution in [0, 0.1) is 0 Å². The molecule has 0 aliphatic carbocycles. The predicted octanol–water partition coefficient (Wildman–Crippen LogP) is 2.14. The molecule has 7 heteroatoms. The molecule has 2 aromatic rings. The molecule has 0 spiro atoms. The van der Waals surface area contributed by atoms with Gasteiger partial charge in [-0.05, 0) is 22.9 Å². The van der Waals surface area contributed by atoms with Gasteiger partial charge in [0.2, 0.25) is 5.91 Å². The van der Waals surface area contributed by atoms with Gasteiger partial charge in [-0.25, -0.2) is 0 Å². The second kappa shape index (κ2) is 6.65. The number of thiophene rings is 2. The van der Waals surface area contributed by atoms with Gasteiger partial charge in [-0.15, -0.1) is 22.7 Å². The van der Waals surface area contributed by atoms with Gasteiger partial charge in [0.1, 0.15) is 6.04 Å². The van der Waals surface area contributed by atoms with E-state index in [1.807, 2.05) is 22.9 Å². The molecule has 2 unspecified atom stereocenters. The van der Waals surface area contributed by atoms with Crippen LogP contribution in [-0.4, -0.2) is 17.0 Å². The van der Waals surface area contributed by atoms with Gasteiger partial charge in [0.25, 0.3) is 0 Å². The third-order valence-corrected chi connectivity index (χ3v) is 4.66. The first-order valence-corrected chi connectivity index (χ1v) is 7.68. The lowest BCUT2D eigenvalue weighted by atomic mass is 10.1. The molecule has 2 rings (SSSR count). The largest absolute Gasteiger partial charge is 0.481 e. The highest BCUT2D eigenvalue weighted by Gasteiger charge is 2.23. The topological polar surface area (TPSA) is 92.4 Å². The van der Waals surface area contributed by atoms with Crippen molar-refractivity contribution < 1.29 is 14.7 Å². The average Bonchev–Trinajstić information content (AvgIpc) is 3.09. The third-order valence-electron chi connectivity index (χ3n) is 2.71. The van der Waals surface area contributed by atoms with Crippen molar-refractivity contribution in [2.45, 2.75) is 18.5 Å². The van der Waals surface area contributed by atoms with Crippen LogP contribution in [0.1, 0.15) is 28.3 Å². The molecule has 0 aliphatic heterocycles. The highest BCUT2D eigenvalue weighted by molar-refractivity contribution is 7.10. The molecule has 0 saturated carbocycles. The van der Waals surface area contributed by atoms with Crippen molar-refractivity contribution >= 4 is 34.6 Å². The molecule has 106 valence electrons. The molecule has 4 N–H and O–H groups in total. The molecular weight excluding hydrogens is 296 g/mol. The first-order valence-electron chi connectivity index (χ1n) is 5.92. The third kappa shape index (κ3) is 3.66. The molecule has 1 amide bonds. The van der Waals surface area contributed by atoms with E-state index >= 15 is 0 Å². The maximum Gasteiger partial charge on any atom is 0.305 e. The molecule has 2 heterocycles. The van der Waals surface area contributed by atoms with Crippen LogP contribution >= 0.6 is 22.7 Å². The van der Waals surface area contributed by atoms with Crippen LogP contribution in [0.15, 0.2) is 35.0 Å². The number of amides is 1. The summed E-state index contributed by atoms with van der Waals surface area (Å²) in [5.74, 6) is -1.33. The number of carboxylic acids is 1. The monoisotopic (exact) mass is 310 g/mol. The Morgan fingerprint density at radius 2 is 1.80 bits per heavy atom. The van der Waals surface area contributed by atoms with Crippen LogP contribution in [0.2, 0.25) is 0 Å². The number of carbonyl (C=O) groups is 2. The lowest BCUT2D eigenvalue weighted by Gasteiger charge is -2.18. The van der Waals surface area contributed by atoms with E-state index in [0.29, 0.717) is 0 Å². The maximum absolute atomic E-state index is 12.1. The van der Waals surface area contributed by atoms with Gasteiger partial charge < -0.3 is 16.2 Å². The van der Waals surface area contributed by atoms with Gasteiger partial charge in [0.15, 0.2) is 0 Å². The standard InChI is InChI=1S/C13H14N2O3S2/c14-12(10-4-2-6-20-10)13(18)15-8(7-11(16)17)9-3-1-5-19-9/h1-6,8,12H,7,14H2,(H,15,18)(H,16,17). The van der Waals surface area contributed by atoms with E-state index in [0.717, 1.165) is 9.75 Å². The smallest absolute Gasteiger partial charge is 0.305 e. The minimum absolute atomic E-state index is 0.163. The first-order chi connectivity index (χ1) is 9.58. The molecule has 2 atom stereocenters. The fraction of sp³-hybridized carbons (Fsp3) is 0.231. The van der Waals surface area contributed by atoms with E-state index in [2.05, 4.69) is 5.32 Å². The summed E-state index contributed by atoms with van der Waals surface area (Å²) in [5, 5.41) is 15.3. The molecule has 0 radical (unpaired) electrons. The number of hydrogen-bond acceptors (Lipinski definition) is 5. The fourth-order valence-electron chi connectivity index (χ4n) is 1.75. The summed E-state index contributed by atoms with van der Waals surface area (Å²) in [6, 6.07) is 5.90. The summed E-state index contributed by atoms with van der Waals surface area (Å²) in [5.41, 5.74) is 5.87. The summed E-state index contributed by atoms with van der Waals surface area (Å²) >= 11 is 2.81. The van der Waals surface area contributed by atoms with Crippen LogP contribution < -0.4 is 11.1 Å². The Morgan fingerprint density at radius 1 is 1.20 bits per heavy atom. The van der Waals surface area contributed by atoms with Gasteiger partial charge in [-0.3, -0.25) is 9.59 Å². The first kappa shape index (κ1) is 14.7. The van der Waals surface area contributed by atoms with Crippen molar-refractivity contribution in [2.75, 3.05) is 0 Å². The minimum Gasteiger partial charge on any atom is -0.481 e. The zero-order valence-corrected chi connectivity index (χ0v) is 12.1. The Morgan fingerprint density at radius 3 is 2.30 bits per heavy atom. The molecule has 2 aromatic heterocycles. The molecule has 20 heavy (non-hydrogen) atoms. The number of hydrogen-bond donors (Lipinski definition) is 3. The zero-order valence-electron chi connectivity index (χ0n) is 10.5. The Balaban J connectivity index is 2.07. The number of carboxylic acid groups (broad SMARTS) is 1. The summed E-state index contributed by atoms with van der Waals surface area (Å²) < 4.78 is 0. The van der Waals surface area contributed by atoms with Gasteiger partial charge in [-0.2, -0.15) is 0 Å². The summed E-state index contributed by atoms with van der Waals surface area (Å²) in [4.78, 5) is 24.6. The second-order valence-corrected chi connectivity index (χ2v) is 6.13. The van der Waals surface area contributed by atoms with Crippen molar-refractivity contribution in [1.29, 1.82) is 0 Å². The second-order valence-electron chi connectivity index (χ2n) is 4.17. The van der Waals surface area contributed by atoms with Gasteiger partial charge in [-0.1, -0.05) is 12.1 Å². The van der Waals surface area contributed by atoms with E-state index in [1.54, 1.807) is 12.1 Å². The Hall–Kier alpha value is -1.70. The summed E-state index contributed by atoms with van der Waals surface area (Å²) in [6.07, 6.45) is -0.163. The highest BCUT2D eigenvalue weighted by Crippen LogP contribution is 2.24. The van der Waals surface area contributed by atoms with E-state index in [4.69, 9.17) is 10.8 Å². The average molecular weight is 310 g/mol. The van der Waals surface area contributed by atoms with Gasteiger partial charge >= 0.3 is 5.97 Å². The molecule has 0 aliphatic rings. The molecule has 0 bridgehead atoms. The lowest BCUT2D eigenvalue weighted by molar-refractivity contribution is -0.137. The Bertz CT molecular complexity index is 566. The fourth-order valence-corrected chi connectivity index (χ4v) is 3.25. The van der Waals surface area contributed by atoms with Crippen molar-refractivity contribution in [3.05, 3.63) is 44.8 Å². The van der Waals surface area contributed by atoms with Crippen LogP contribution in [0.3, 0.4) is 0 Å². The SMILES string of the molecule is NC(C(=O)NC(CC(=O)O)c1cccs1)c1cccs1. The van der Waals surface area contributed by atoms with Crippen molar-refractivity contribution in [1.82, 2.24) is 5.32 Å². The number of carbonyl (C=O) groups excluding carboxylic acids is 1. The molecule has 0 aromatic carbocycles. The van der Waals surface area contributed by atoms with Gasteiger partial charge in [0.05, 0.1) is 12.5 Å². The molecule has 5 nitrogen and oxygen atoms in total. The van der Waals surface area contributed by atoms with Crippen molar-refractivity contribution in [3.63, 3.8) is 0 Å². The summed E-state index contributed by atoms with van der Waals surface area (Å²) in [7, 11) is 0. The van der Waals surface area contributed by atoms with Crippen molar-refractivity contribution in [3.8, 4) is 0 Å². The van der Waals surface area contributed by atoms with Crippen molar-refractivity contribution in [2.24, 2.45) is 5.73 Å². The molecule has 0 fully saturated rings. The summed E-state index contributed by atoms with van der Waals surface area (Å²) in [6.45, 7) is 0. The van der Waals surface area contributed by atoms with Crippen LogP contribution in [0.5, 0.6) is 0 Å². The van der Waals surface area contributed by atoms with Gasteiger partial charge in [0, 0.05) is 9.75 Å². The Kier molecular flexibility index (Phi) is 4.89. The molecule has 0 saturated heterocycles. The van der Waals surface area contributed by atoms with E-state index in [1.165, 1.54) is 22.7 Å². The highest BCUT2D eigenvalue weighted by atomic mass is 32.1. The van der Waals surface area contributed by atoms with E-state index in [9.17, 15) is 9.59 Å². The van der Waals surface area contributed by atoms with E-state index < -0.39 is 18.1 Å². The number of nitrogens with one attached hydrogen (secondary N) is 1. The number of aliphatic carboxylic acids is 1. The Labute approximate surface area is 124 Å². The van der Waals surface area contributed by atoms with Crippen LogP contribution in [-0.2, 0) is 9.59 Å². The lowest BCUT2D eigenvalue weighted by Crippen LogP contribution is -2.36. The number of nitrogens with two attached hydrogens (primary N) is 1. The minimum atomic E-state index is -0.964. The normalized spacial score (nSPS) is 13.7. The molecular formula is C13H14N2O3S2. The van der Waals surface area contributed by atoms with Crippen LogP contribution in [0.4, 0.5) is 0 Å². The maximum atomic E-state index is 12.1. The predicted molar refractivity (Wildman–Crippen MR) is 78.7 cm³/mol. The number of rotatable bonds is 6.